The molecule has 2 heteroatoms. The highest BCUT2D eigenvalue weighted by atomic mass is 35.5. The summed E-state index contributed by atoms with van der Waals surface area (Å²) in [7, 11) is 0. The summed E-state index contributed by atoms with van der Waals surface area (Å²) >= 11 is 5.81. The average Bonchev–Trinajstić information content (AvgIpc) is 2.23. The smallest absolute Gasteiger partial charge is 0.0406 e. The van der Waals surface area contributed by atoms with E-state index in [2.05, 4.69) is 11.1 Å². The Kier molecular flexibility index (Phi) is 3.00. The van der Waals surface area contributed by atoms with Gasteiger partial charge in [-0.3, -0.25) is 4.99 Å². The molecule has 0 bridgehead atoms. The second-order valence-electron chi connectivity index (χ2n) is 3.41. The van der Waals surface area contributed by atoms with E-state index in [0.29, 0.717) is 0 Å². The summed E-state index contributed by atoms with van der Waals surface area (Å²) in [5.74, 6) is 0. The van der Waals surface area contributed by atoms with Crippen LogP contribution in [-0.2, 0) is 0 Å². The fourth-order valence-electron chi connectivity index (χ4n) is 1.50. The Balaban J connectivity index is 2.19. The van der Waals surface area contributed by atoms with Crippen molar-refractivity contribution in [1.29, 1.82) is 0 Å². The zero-order valence-electron chi connectivity index (χ0n) is 7.91. The van der Waals surface area contributed by atoms with Crippen molar-refractivity contribution < 1.29 is 0 Å². The molecule has 0 atom stereocenters. The summed E-state index contributed by atoms with van der Waals surface area (Å²) in [4.78, 5) is 4.25. The first-order chi connectivity index (χ1) is 6.84. The van der Waals surface area contributed by atoms with Crippen LogP contribution in [-0.4, -0.2) is 12.8 Å². The Morgan fingerprint density at radius 1 is 1.21 bits per heavy atom. The minimum absolute atomic E-state index is 0.782. The van der Waals surface area contributed by atoms with E-state index in [-0.39, 0.29) is 0 Å². The molecule has 1 aliphatic heterocycles. The van der Waals surface area contributed by atoms with Gasteiger partial charge in [0.2, 0.25) is 0 Å². The molecular weight excluding hydrogens is 194 g/mol. The molecule has 1 nitrogen and oxygen atoms in total. The summed E-state index contributed by atoms with van der Waals surface area (Å²) < 4.78 is 0. The van der Waals surface area contributed by atoms with Gasteiger partial charge >= 0.3 is 0 Å². The van der Waals surface area contributed by atoms with Crippen molar-refractivity contribution in [3.05, 3.63) is 40.4 Å². The van der Waals surface area contributed by atoms with Gasteiger partial charge in [-0.15, -0.1) is 0 Å². The number of allylic oxidation sites excluding steroid dienone is 1. The highest BCUT2D eigenvalue weighted by Crippen LogP contribution is 2.15. The Bertz CT molecular complexity index is 362. The highest BCUT2D eigenvalue weighted by Gasteiger charge is 1.99. The standard InChI is InChI=1S/C12H12ClN/c13-12-5-3-10(4-6-12)8-11-2-1-7-14-9-11/h3-6,8-9H,1-2,7H2. The zero-order valence-corrected chi connectivity index (χ0v) is 8.67. The van der Waals surface area contributed by atoms with Crippen molar-refractivity contribution >= 4 is 23.9 Å². The van der Waals surface area contributed by atoms with Crippen molar-refractivity contribution in [2.45, 2.75) is 12.8 Å². The van der Waals surface area contributed by atoms with E-state index in [1.54, 1.807) is 0 Å². The molecule has 0 amide bonds. The lowest BCUT2D eigenvalue weighted by molar-refractivity contribution is 0.826. The first kappa shape index (κ1) is 9.47. The van der Waals surface area contributed by atoms with Crippen LogP contribution in [0.15, 0.2) is 34.8 Å². The molecule has 72 valence electrons. The number of hydrogen-bond donors (Lipinski definition) is 0. The van der Waals surface area contributed by atoms with Gasteiger partial charge in [0, 0.05) is 17.8 Å². The minimum atomic E-state index is 0.782. The van der Waals surface area contributed by atoms with Crippen molar-refractivity contribution in [1.82, 2.24) is 0 Å². The Morgan fingerprint density at radius 2 is 2.00 bits per heavy atom. The number of hydrogen-bond acceptors (Lipinski definition) is 1. The summed E-state index contributed by atoms with van der Waals surface area (Å²) in [5.41, 5.74) is 2.50. The second-order valence-corrected chi connectivity index (χ2v) is 3.85. The molecule has 0 saturated heterocycles. The lowest BCUT2D eigenvalue weighted by Crippen LogP contribution is -1.96. The maximum Gasteiger partial charge on any atom is 0.0406 e. The Morgan fingerprint density at radius 3 is 2.64 bits per heavy atom. The first-order valence-electron chi connectivity index (χ1n) is 4.80. The molecule has 1 heterocycles. The van der Waals surface area contributed by atoms with Gasteiger partial charge in [-0.25, -0.2) is 0 Å². The van der Waals surface area contributed by atoms with Gasteiger partial charge in [0.05, 0.1) is 0 Å². The molecule has 0 spiro atoms. The maximum atomic E-state index is 5.81. The second kappa shape index (κ2) is 4.43. The Hall–Kier alpha value is -1.08. The lowest BCUT2D eigenvalue weighted by atomic mass is 10.1. The van der Waals surface area contributed by atoms with E-state index in [4.69, 9.17) is 11.6 Å². The van der Waals surface area contributed by atoms with Crippen LogP contribution in [0.3, 0.4) is 0 Å². The molecule has 0 aliphatic carbocycles. The van der Waals surface area contributed by atoms with Crippen LogP contribution in [0.25, 0.3) is 6.08 Å². The molecule has 1 aromatic rings. The third-order valence-corrected chi connectivity index (χ3v) is 2.48. The average molecular weight is 206 g/mol. The van der Waals surface area contributed by atoms with Gasteiger partial charge in [0.15, 0.2) is 0 Å². The number of aliphatic imine (C=N–C) groups is 1. The van der Waals surface area contributed by atoms with Crippen LogP contribution < -0.4 is 0 Å². The topological polar surface area (TPSA) is 12.4 Å². The van der Waals surface area contributed by atoms with Gasteiger partial charge < -0.3 is 0 Å². The van der Waals surface area contributed by atoms with Crippen LogP contribution in [0.1, 0.15) is 18.4 Å². The predicted molar refractivity (Wildman–Crippen MR) is 62.0 cm³/mol. The molecule has 0 aromatic heterocycles. The fourth-order valence-corrected chi connectivity index (χ4v) is 1.63. The van der Waals surface area contributed by atoms with Crippen molar-refractivity contribution in [3.63, 3.8) is 0 Å². The normalized spacial score (nSPS) is 18.8. The van der Waals surface area contributed by atoms with Gasteiger partial charge in [0.25, 0.3) is 0 Å². The van der Waals surface area contributed by atoms with Crippen LogP contribution in [0.4, 0.5) is 0 Å². The summed E-state index contributed by atoms with van der Waals surface area (Å²) in [6, 6.07) is 7.87. The lowest BCUT2D eigenvalue weighted by Gasteiger charge is -2.06. The fraction of sp³-hybridized carbons (Fsp3) is 0.250. The van der Waals surface area contributed by atoms with E-state index >= 15 is 0 Å². The van der Waals surface area contributed by atoms with Gasteiger partial charge in [-0.1, -0.05) is 29.8 Å². The third-order valence-electron chi connectivity index (χ3n) is 2.23. The molecule has 14 heavy (non-hydrogen) atoms. The third kappa shape index (κ3) is 2.46. The van der Waals surface area contributed by atoms with Crippen molar-refractivity contribution in [3.8, 4) is 0 Å². The summed E-state index contributed by atoms with van der Waals surface area (Å²) in [6.07, 6.45) is 6.43. The Labute approximate surface area is 89.1 Å². The van der Waals surface area contributed by atoms with Gasteiger partial charge in [-0.2, -0.15) is 0 Å². The number of benzene rings is 1. The van der Waals surface area contributed by atoms with Gasteiger partial charge in [0.1, 0.15) is 0 Å². The quantitative estimate of drug-likeness (QED) is 0.665. The summed E-state index contributed by atoms with van der Waals surface area (Å²) in [6.45, 7) is 0.970. The van der Waals surface area contributed by atoms with Crippen LogP contribution in [0.2, 0.25) is 5.02 Å². The molecule has 1 aromatic carbocycles. The maximum absolute atomic E-state index is 5.81. The molecule has 0 radical (unpaired) electrons. The van der Waals surface area contributed by atoms with E-state index in [1.165, 1.54) is 11.1 Å². The molecule has 0 N–H and O–H groups in total. The number of nitrogens with zero attached hydrogens (tertiary/aromatic N) is 1. The molecule has 2 rings (SSSR count). The van der Waals surface area contributed by atoms with E-state index in [1.807, 2.05) is 30.5 Å². The highest BCUT2D eigenvalue weighted by molar-refractivity contribution is 6.30. The molecule has 0 unspecified atom stereocenters. The SMILES string of the molecule is Clc1ccc(C=C2C=NCCC2)cc1. The van der Waals surface area contributed by atoms with Crippen LogP contribution in [0, 0.1) is 0 Å². The van der Waals surface area contributed by atoms with E-state index in [0.717, 1.165) is 24.4 Å². The number of halogens is 1. The van der Waals surface area contributed by atoms with Gasteiger partial charge in [-0.05, 0) is 36.1 Å². The van der Waals surface area contributed by atoms with Crippen molar-refractivity contribution in [2.24, 2.45) is 4.99 Å². The van der Waals surface area contributed by atoms with Crippen molar-refractivity contribution in [2.75, 3.05) is 6.54 Å². The zero-order chi connectivity index (χ0) is 9.80. The van der Waals surface area contributed by atoms with E-state index in [9.17, 15) is 0 Å². The van der Waals surface area contributed by atoms with Crippen LogP contribution >= 0.6 is 11.6 Å². The number of rotatable bonds is 1. The molecule has 0 fully saturated rings. The monoisotopic (exact) mass is 205 g/mol. The molecule has 0 saturated carbocycles. The molecule has 1 aliphatic rings. The van der Waals surface area contributed by atoms with Crippen LogP contribution in [0.5, 0.6) is 0 Å². The molecular formula is C12H12ClN. The summed E-state index contributed by atoms with van der Waals surface area (Å²) in [5, 5.41) is 0.782. The predicted octanol–water partition coefficient (Wildman–Crippen LogP) is 3.59. The largest absolute Gasteiger partial charge is 0.293 e. The first-order valence-corrected chi connectivity index (χ1v) is 5.18. The minimum Gasteiger partial charge on any atom is -0.293 e. The van der Waals surface area contributed by atoms with E-state index < -0.39 is 0 Å².